The normalized spacial score (nSPS) is 10.5. The molecule has 8 heteroatoms. The van der Waals surface area contributed by atoms with Crippen LogP contribution in [0.2, 0.25) is 0 Å². The smallest absolute Gasteiger partial charge is 0.344 e. The number of carbonyl (C=O) groups excluding carboxylic acids is 2. The van der Waals surface area contributed by atoms with Crippen molar-refractivity contribution < 1.29 is 19.1 Å². The molecule has 2 N–H and O–H groups in total. The number of hydrogen-bond donors (Lipinski definition) is 2. The summed E-state index contributed by atoms with van der Waals surface area (Å²) in [4.78, 5) is 23.1. The van der Waals surface area contributed by atoms with Crippen molar-refractivity contribution in [1.82, 2.24) is 5.43 Å². The van der Waals surface area contributed by atoms with Crippen molar-refractivity contribution in [3.8, 4) is 5.75 Å². The van der Waals surface area contributed by atoms with Crippen molar-refractivity contribution in [3.05, 3.63) is 58.1 Å². The Kier molecular flexibility index (Phi) is 7.81. The fourth-order valence-corrected chi connectivity index (χ4v) is 2.29. The Morgan fingerprint density at radius 2 is 1.93 bits per heavy atom. The minimum absolute atomic E-state index is 0.140. The first-order chi connectivity index (χ1) is 13.0. The van der Waals surface area contributed by atoms with Crippen LogP contribution >= 0.6 is 15.9 Å². The minimum Gasteiger partial charge on any atom is -0.482 e. The predicted molar refractivity (Wildman–Crippen MR) is 107 cm³/mol. The largest absolute Gasteiger partial charge is 0.482 e. The standard InChI is InChI=1S/C19H20BrN3O4/c1-3-26-18(24)12-27-16-7-4-14(5-8-16)11-21-23-19(25)22-15-6-9-17(20)13(2)10-15/h4-11H,3,12H2,1-2H3,(H2,22,23,25)/b21-11+. The Bertz CT molecular complexity index is 822. The number of aryl methyl sites for hydroxylation is 1. The van der Waals surface area contributed by atoms with Crippen LogP contribution in [0.15, 0.2) is 52.0 Å². The lowest BCUT2D eigenvalue weighted by molar-refractivity contribution is -0.145. The molecule has 0 aliphatic rings. The molecule has 2 amide bonds. The molecule has 0 aliphatic carbocycles. The average Bonchev–Trinajstić information content (AvgIpc) is 2.64. The summed E-state index contributed by atoms with van der Waals surface area (Å²) in [7, 11) is 0. The number of hydrogen-bond acceptors (Lipinski definition) is 5. The van der Waals surface area contributed by atoms with E-state index in [1.165, 1.54) is 6.21 Å². The molecule has 0 bridgehead atoms. The maximum atomic E-state index is 11.8. The second kappa shape index (κ2) is 10.3. The van der Waals surface area contributed by atoms with Crippen molar-refractivity contribution in [1.29, 1.82) is 0 Å². The number of carbonyl (C=O) groups is 2. The molecule has 27 heavy (non-hydrogen) atoms. The fourth-order valence-electron chi connectivity index (χ4n) is 2.04. The zero-order valence-electron chi connectivity index (χ0n) is 15.0. The van der Waals surface area contributed by atoms with E-state index >= 15 is 0 Å². The number of anilines is 1. The number of halogens is 1. The van der Waals surface area contributed by atoms with Gasteiger partial charge < -0.3 is 14.8 Å². The molecule has 0 aromatic heterocycles. The van der Waals surface area contributed by atoms with E-state index in [1.807, 2.05) is 19.1 Å². The quantitative estimate of drug-likeness (QED) is 0.394. The SMILES string of the molecule is CCOC(=O)COc1ccc(/C=N/NC(=O)Nc2ccc(Br)c(C)c2)cc1. The molecule has 7 nitrogen and oxygen atoms in total. The second-order valence-corrected chi connectivity index (χ2v) is 6.31. The van der Waals surface area contributed by atoms with Gasteiger partial charge in [-0.15, -0.1) is 0 Å². The second-order valence-electron chi connectivity index (χ2n) is 5.45. The Balaban J connectivity index is 1.80. The van der Waals surface area contributed by atoms with Crippen molar-refractivity contribution in [2.24, 2.45) is 5.10 Å². The maximum absolute atomic E-state index is 11.8. The van der Waals surface area contributed by atoms with Gasteiger partial charge in [-0.25, -0.2) is 15.0 Å². The highest BCUT2D eigenvalue weighted by Gasteiger charge is 2.03. The number of nitrogens with zero attached hydrogens (tertiary/aromatic N) is 1. The fraction of sp³-hybridized carbons (Fsp3) is 0.211. The van der Waals surface area contributed by atoms with Gasteiger partial charge in [-0.2, -0.15) is 5.10 Å². The minimum atomic E-state index is -0.442. The van der Waals surface area contributed by atoms with Gasteiger partial charge in [-0.05, 0) is 67.4 Å². The number of rotatable bonds is 7. The highest BCUT2D eigenvalue weighted by Crippen LogP contribution is 2.19. The number of urea groups is 1. The summed E-state index contributed by atoms with van der Waals surface area (Å²) in [5.41, 5.74) is 4.85. The van der Waals surface area contributed by atoms with Crippen LogP contribution in [0.25, 0.3) is 0 Å². The van der Waals surface area contributed by atoms with Crippen LogP contribution in [0.5, 0.6) is 5.75 Å². The molecule has 142 valence electrons. The van der Waals surface area contributed by atoms with E-state index in [9.17, 15) is 9.59 Å². The molecule has 0 unspecified atom stereocenters. The van der Waals surface area contributed by atoms with Crippen LogP contribution in [0, 0.1) is 6.92 Å². The van der Waals surface area contributed by atoms with E-state index in [0.29, 0.717) is 18.0 Å². The van der Waals surface area contributed by atoms with Gasteiger partial charge in [0.1, 0.15) is 5.75 Å². The number of esters is 1. The third-order valence-corrected chi connectivity index (χ3v) is 4.23. The summed E-state index contributed by atoms with van der Waals surface area (Å²) < 4.78 is 11.1. The van der Waals surface area contributed by atoms with E-state index in [2.05, 4.69) is 31.8 Å². The number of hydrazone groups is 1. The van der Waals surface area contributed by atoms with Crippen LogP contribution in [0.1, 0.15) is 18.1 Å². The lowest BCUT2D eigenvalue weighted by atomic mass is 10.2. The number of nitrogens with one attached hydrogen (secondary N) is 2. The van der Waals surface area contributed by atoms with Crippen molar-refractivity contribution >= 4 is 39.8 Å². The third kappa shape index (κ3) is 7.10. The zero-order valence-corrected chi connectivity index (χ0v) is 16.6. The predicted octanol–water partition coefficient (Wildman–Crippen LogP) is 3.86. The third-order valence-electron chi connectivity index (χ3n) is 3.34. The molecule has 0 saturated carbocycles. The van der Waals surface area contributed by atoms with Crippen LogP contribution < -0.4 is 15.5 Å². The summed E-state index contributed by atoms with van der Waals surface area (Å²) in [5.74, 6) is 0.121. The molecule has 0 saturated heterocycles. The van der Waals surface area contributed by atoms with Gasteiger partial charge in [0, 0.05) is 10.2 Å². The van der Waals surface area contributed by atoms with Crippen LogP contribution in [-0.2, 0) is 9.53 Å². The first kappa shape index (κ1) is 20.4. The summed E-state index contributed by atoms with van der Waals surface area (Å²) in [6, 6.07) is 12.0. The maximum Gasteiger partial charge on any atom is 0.344 e. The van der Waals surface area contributed by atoms with Gasteiger partial charge >= 0.3 is 12.0 Å². The van der Waals surface area contributed by atoms with Gasteiger partial charge in [0.05, 0.1) is 12.8 Å². The Labute approximate surface area is 165 Å². The lowest BCUT2D eigenvalue weighted by Gasteiger charge is -2.06. The summed E-state index contributed by atoms with van der Waals surface area (Å²) in [5, 5.41) is 6.59. The van der Waals surface area contributed by atoms with E-state index in [-0.39, 0.29) is 6.61 Å². The molecular weight excluding hydrogens is 414 g/mol. The molecule has 0 atom stereocenters. The summed E-state index contributed by atoms with van der Waals surface area (Å²) >= 11 is 3.41. The van der Waals surface area contributed by atoms with E-state index in [4.69, 9.17) is 9.47 Å². The number of amides is 2. The number of benzene rings is 2. The molecular formula is C19H20BrN3O4. The molecule has 2 rings (SSSR count). The highest BCUT2D eigenvalue weighted by atomic mass is 79.9. The first-order valence-electron chi connectivity index (χ1n) is 8.22. The monoisotopic (exact) mass is 433 g/mol. The van der Waals surface area contributed by atoms with Crippen molar-refractivity contribution in [2.75, 3.05) is 18.5 Å². The highest BCUT2D eigenvalue weighted by molar-refractivity contribution is 9.10. The molecule has 0 heterocycles. The van der Waals surface area contributed by atoms with Gasteiger partial charge in [0.15, 0.2) is 6.61 Å². The van der Waals surface area contributed by atoms with E-state index in [0.717, 1.165) is 15.6 Å². The van der Waals surface area contributed by atoms with Crippen molar-refractivity contribution in [3.63, 3.8) is 0 Å². The van der Waals surface area contributed by atoms with E-state index in [1.54, 1.807) is 37.3 Å². The molecule has 0 aliphatic heterocycles. The zero-order chi connectivity index (χ0) is 19.6. The molecule has 0 radical (unpaired) electrons. The van der Waals surface area contributed by atoms with Crippen LogP contribution in [0.3, 0.4) is 0 Å². The first-order valence-corrected chi connectivity index (χ1v) is 9.02. The van der Waals surface area contributed by atoms with Gasteiger partial charge in [0.2, 0.25) is 0 Å². The van der Waals surface area contributed by atoms with E-state index < -0.39 is 12.0 Å². The summed E-state index contributed by atoms with van der Waals surface area (Å²) in [6.07, 6.45) is 1.50. The van der Waals surface area contributed by atoms with Gasteiger partial charge in [-0.1, -0.05) is 15.9 Å². The molecule has 0 spiro atoms. The Morgan fingerprint density at radius 1 is 1.19 bits per heavy atom. The Morgan fingerprint density at radius 3 is 2.59 bits per heavy atom. The topological polar surface area (TPSA) is 89.0 Å². The average molecular weight is 434 g/mol. The summed E-state index contributed by atoms with van der Waals surface area (Å²) in [6.45, 7) is 3.85. The number of ether oxygens (including phenoxy) is 2. The molecule has 2 aromatic rings. The lowest BCUT2D eigenvalue weighted by Crippen LogP contribution is -2.24. The van der Waals surface area contributed by atoms with Crippen molar-refractivity contribution in [2.45, 2.75) is 13.8 Å². The molecule has 0 fully saturated rings. The Hall–Kier alpha value is -2.87. The van der Waals surface area contributed by atoms with Gasteiger partial charge in [0.25, 0.3) is 0 Å². The van der Waals surface area contributed by atoms with Crippen LogP contribution in [-0.4, -0.2) is 31.4 Å². The van der Waals surface area contributed by atoms with Gasteiger partial charge in [-0.3, -0.25) is 0 Å². The molecule has 2 aromatic carbocycles. The van der Waals surface area contributed by atoms with Crippen LogP contribution in [0.4, 0.5) is 10.5 Å².